The van der Waals surface area contributed by atoms with Crippen LogP contribution in [0.1, 0.15) is 43.9 Å². The van der Waals surface area contributed by atoms with Crippen LogP contribution in [-0.4, -0.2) is 24.0 Å². The molecule has 21 heavy (non-hydrogen) atoms. The van der Waals surface area contributed by atoms with E-state index in [1.807, 2.05) is 0 Å². The number of rotatable bonds is 3. The molecule has 2 nitrogen and oxygen atoms in total. The van der Waals surface area contributed by atoms with Gasteiger partial charge in [0.05, 0.1) is 5.56 Å². The Bertz CT molecular complexity index is 471. The first-order valence-electron chi connectivity index (χ1n) is 7.46. The number of halogens is 3. The predicted molar refractivity (Wildman–Crippen MR) is 77.8 cm³/mol. The Balaban J connectivity index is 2.31. The molecule has 2 unspecified atom stereocenters. The summed E-state index contributed by atoms with van der Waals surface area (Å²) >= 11 is 0. The Hall–Kier alpha value is -1.07. The van der Waals surface area contributed by atoms with Gasteiger partial charge in [-0.1, -0.05) is 26.0 Å². The van der Waals surface area contributed by atoms with Gasteiger partial charge in [0, 0.05) is 18.6 Å². The van der Waals surface area contributed by atoms with Crippen molar-refractivity contribution in [2.75, 3.05) is 13.1 Å². The second-order valence-corrected chi connectivity index (χ2v) is 6.26. The molecule has 0 saturated carbocycles. The Morgan fingerprint density at radius 1 is 1.33 bits per heavy atom. The van der Waals surface area contributed by atoms with Crippen LogP contribution in [0.4, 0.5) is 13.2 Å². The minimum atomic E-state index is -4.31. The van der Waals surface area contributed by atoms with Gasteiger partial charge in [0.2, 0.25) is 0 Å². The summed E-state index contributed by atoms with van der Waals surface area (Å²) in [5.41, 5.74) is 6.30. The molecule has 0 amide bonds. The molecule has 1 saturated heterocycles. The zero-order chi connectivity index (χ0) is 15.6. The van der Waals surface area contributed by atoms with Crippen LogP contribution < -0.4 is 5.73 Å². The minimum absolute atomic E-state index is 0.110. The zero-order valence-electron chi connectivity index (χ0n) is 12.5. The number of piperidine rings is 1. The second-order valence-electron chi connectivity index (χ2n) is 6.26. The van der Waals surface area contributed by atoms with Gasteiger partial charge in [-0.25, -0.2) is 0 Å². The molecule has 0 aliphatic carbocycles. The van der Waals surface area contributed by atoms with Crippen LogP contribution in [0.5, 0.6) is 0 Å². The van der Waals surface area contributed by atoms with Crippen molar-refractivity contribution in [2.24, 2.45) is 11.7 Å². The first-order valence-corrected chi connectivity index (χ1v) is 7.46. The van der Waals surface area contributed by atoms with Gasteiger partial charge in [-0.15, -0.1) is 0 Å². The van der Waals surface area contributed by atoms with Gasteiger partial charge in [0.1, 0.15) is 0 Å². The average Bonchev–Trinajstić information content (AvgIpc) is 2.37. The summed E-state index contributed by atoms with van der Waals surface area (Å²) in [4.78, 5) is 2.23. The number of nitrogens with zero attached hydrogens (tertiary/aromatic N) is 1. The average molecular weight is 300 g/mol. The monoisotopic (exact) mass is 300 g/mol. The van der Waals surface area contributed by atoms with Crippen LogP contribution in [-0.2, 0) is 6.18 Å². The Morgan fingerprint density at radius 2 is 2.05 bits per heavy atom. The van der Waals surface area contributed by atoms with Gasteiger partial charge in [-0.2, -0.15) is 13.2 Å². The molecule has 2 rings (SSSR count). The van der Waals surface area contributed by atoms with Crippen molar-refractivity contribution in [1.82, 2.24) is 4.90 Å². The van der Waals surface area contributed by atoms with Crippen molar-refractivity contribution in [1.29, 1.82) is 0 Å². The number of likely N-dealkylation sites (tertiary alicyclic amines) is 1. The maximum absolute atomic E-state index is 12.9. The lowest BCUT2D eigenvalue weighted by Gasteiger charge is -2.41. The molecule has 1 aromatic rings. The first-order chi connectivity index (χ1) is 9.79. The van der Waals surface area contributed by atoms with Crippen molar-refractivity contribution in [2.45, 2.75) is 44.9 Å². The second kappa shape index (κ2) is 6.36. The quantitative estimate of drug-likeness (QED) is 0.919. The lowest BCUT2D eigenvalue weighted by Crippen LogP contribution is -2.47. The van der Waals surface area contributed by atoms with Gasteiger partial charge in [0.15, 0.2) is 0 Å². The molecule has 1 aliphatic heterocycles. The molecule has 1 heterocycles. The smallest absolute Gasteiger partial charge is 0.326 e. The molecule has 118 valence electrons. The lowest BCUT2D eigenvalue weighted by atomic mass is 9.89. The zero-order valence-corrected chi connectivity index (χ0v) is 12.5. The SMILES string of the molecule is CC(C)CN1CCCC(N)C1c1cccc(C(F)(F)F)c1. The van der Waals surface area contributed by atoms with Crippen molar-refractivity contribution in [3.05, 3.63) is 35.4 Å². The largest absolute Gasteiger partial charge is 0.416 e. The Kier molecular flexibility index (Phi) is 4.94. The third-order valence-electron chi connectivity index (χ3n) is 3.94. The van der Waals surface area contributed by atoms with Crippen LogP contribution in [0.25, 0.3) is 0 Å². The third kappa shape index (κ3) is 3.98. The molecule has 1 aliphatic rings. The van der Waals surface area contributed by atoms with E-state index in [2.05, 4.69) is 18.7 Å². The van der Waals surface area contributed by atoms with Crippen LogP contribution in [0.2, 0.25) is 0 Å². The summed E-state index contributed by atoms with van der Waals surface area (Å²) in [6.45, 7) is 5.98. The van der Waals surface area contributed by atoms with Gasteiger partial charge < -0.3 is 5.73 Å². The molecule has 2 N–H and O–H groups in total. The molecule has 0 bridgehead atoms. The van der Waals surface area contributed by atoms with Gasteiger partial charge in [-0.3, -0.25) is 4.90 Å². The van der Waals surface area contributed by atoms with E-state index in [1.54, 1.807) is 6.07 Å². The maximum atomic E-state index is 12.9. The molecule has 0 aromatic heterocycles. The van der Waals surface area contributed by atoms with E-state index in [0.29, 0.717) is 11.5 Å². The van der Waals surface area contributed by atoms with Crippen LogP contribution in [0, 0.1) is 5.92 Å². The molecule has 1 fully saturated rings. The summed E-state index contributed by atoms with van der Waals surface area (Å²) in [5.74, 6) is 0.462. The highest BCUT2D eigenvalue weighted by molar-refractivity contribution is 5.29. The maximum Gasteiger partial charge on any atom is 0.416 e. The number of hydrogen-bond donors (Lipinski definition) is 1. The van der Waals surface area contributed by atoms with Crippen LogP contribution in [0.15, 0.2) is 24.3 Å². The summed E-state index contributed by atoms with van der Waals surface area (Å²) in [5, 5.41) is 0. The van der Waals surface area contributed by atoms with E-state index < -0.39 is 11.7 Å². The van der Waals surface area contributed by atoms with Crippen molar-refractivity contribution in [3.8, 4) is 0 Å². The highest BCUT2D eigenvalue weighted by Gasteiger charge is 2.34. The van der Waals surface area contributed by atoms with E-state index in [9.17, 15) is 13.2 Å². The van der Waals surface area contributed by atoms with Crippen LogP contribution >= 0.6 is 0 Å². The molecule has 1 aromatic carbocycles. The van der Waals surface area contributed by atoms with Crippen molar-refractivity contribution in [3.63, 3.8) is 0 Å². The van der Waals surface area contributed by atoms with E-state index in [1.165, 1.54) is 12.1 Å². The number of alkyl halides is 3. The van der Waals surface area contributed by atoms with Gasteiger partial charge in [-0.05, 0) is 43.0 Å². The molecule has 2 atom stereocenters. The lowest BCUT2D eigenvalue weighted by molar-refractivity contribution is -0.137. The predicted octanol–water partition coefficient (Wildman–Crippen LogP) is 3.83. The molecule has 0 radical (unpaired) electrons. The fraction of sp³-hybridized carbons (Fsp3) is 0.625. The summed E-state index contributed by atoms with van der Waals surface area (Å²) < 4.78 is 38.7. The Morgan fingerprint density at radius 3 is 2.67 bits per heavy atom. The topological polar surface area (TPSA) is 29.3 Å². The van der Waals surface area contributed by atoms with E-state index >= 15 is 0 Å². The van der Waals surface area contributed by atoms with Crippen molar-refractivity contribution >= 4 is 0 Å². The summed E-state index contributed by atoms with van der Waals surface area (Å²) in [6, 6.07) is 5.38. The number of nitrogens with two attached hydrogens (primary N) is 1. The standard InChI is InChI=1S/C16H23F3N2/c1-11(2)10-21-8-4-7-14(20)15(21)12-5-3-6-13(9-12)16(17,18)19/h3,5-6,9,11,14-15H,4,7-8,10,20H2,1-2H3. The van der Waals surface area contributed by atoms with Gasteiger partial charge >= 0.3 is 6.18 Å². The number of hydrogen-bond acceptors (Lipinski definition) is 2. The molecular weight excluding hydrogens is 277 g/mol. The first kappa shape index (κ1) is 16.3. The fourth-order valence-electron chi connectivity index (χ4n) is 3.13. The van der Waals surface area contributed by atoms with E-state index in [-0.39, 0.29) is 12.1 Å². The summed E-state index contributed by atoms with van der Waals surface area (Å²) in [7, 11) is 0. The highest BCUT2D eigenvalue weighted by atomic mass is 19.4. The van der Waals surface area contributed by atoms with Crippen LogP contribution in [0.3, 0.4) is 0 Å². The highest BCUT2D eigenvalue weighted by Crippen LogP contribution is 2.35. The van der Waals surface area contributed by atoms with E-state index in [0.717, 1.165) is 32.0 Å². The minimum Gasteiger partial charge on any atom is -0.326 e. The summed E-state index contributed by atoms with van der Waals surface area (Å²) in [6.07, 6.45) is -2.45. The molecular formula is C16H23F3N2. The normalized spacial score (nSPS) is 24.5. The number of benzene rings is 1. The fourth-order valence-corrected chi connectivity index (χ4v) is 3.13. The van der Waals surface area contributed by atoms with Gasteiger partial charge in [0.25, 0.3) is 0 Å². The molecule has 0 spiro atoms. The van der Waals surface area contributed by atoms with E-state index in [4.69, 9.17) is 5.73 Å². The Labute approximate surface area is 124 Å². The molecule has 5 heteroatoms. The third-order valence-corrected chi connectivity index (χ3v) is 3.94. The van der Waals surface area contributed by atoms with Crippen molar-refractivity contribution < 1.29 is 13.2 Å².